The van der Waals surface area contributed by atoms with Gasteiger partial charge in [0.05, 0.1) is 17.8 Å². The zero-order valence-electron chi connectivity index (χ0n) is 16.2. The largest absolute Gasteiger partial charge is 0.340 e. The number of hydrogen-bond donors (Lipinski definition) is 0. The summed E-state index contributed by atoms with van der Waals surface area (Å²) in [4.78, 5) is 17.8. The number of hydrogen-bond acceptors (Lipinski definition) is 5. The number of aromatic nitrogens is 2. The molecule has 0 saturated carbocycles. The van der Waals surface area contributed by atoms with E-state index in [4.69, 9.17) is 0 Å². The summed E-state index contributed by atoms with van der Waals surface area (Å²) < 4.78 is 29.2. The Morgan fingerprint density at radius 3 is 2.63 bits per heavy atom. The summed E-state index contributed by atoms with van der Waals surface area (Å²) in [5, 5.41) is 4.07. The molecule has 0 aromatic carbocycles. The van der Waals surface area contributed by atoms with Gasteiger partial charge in [-0.05, 0) is 39.2 Å². The van der Waals surface area contributed by atoms with Gasteiger partial charge in [0.15, 0.2) is 0 Å². The number of piperidine rings is 1. The maximum atomic E-state index is 13.1. The zero-order chi connectivity index (χ0) is 19.2. The number of carbonyl (C=O) groups is 1. The van der Waals surface area contributed by atoms with Crippen molar-refractivity contribution in [3.05, 3.63) is 11.9 Å². The highest BCUT2D eigenvalue weighted by Crippen LogP contribution is 2.28. The lowest BCUT2D eigenvalue weighted by Gasteiger charge is -2.40. The maximum absolute atomic E-state index is 13.1. The van der Waals surface area contributed by atoms with Gasteiger partial charge in [-0.15, -0.1) is 0 Å². The van der Waals surface area contributed by atoms with Crippen LogP contribution in [0.4, 0.5) is 0 Å². The molecule has 3 saturated heterocycles. The number of rotatable bonds is 3. The third kappa shape index (κ3) is 3.40. The average molecular weight is 396 g/mol. The number of amides is 1. The SMILES string of the molecule is Cc1c(S(=O)(=O)N2CCC[C@@H](C(=O)N3CCN4CCC[C@H]4C3)C2)cnn1C. The lowest BCUT2D eigenvalue weighted by Crippen LogP contribution is -2.55. The number of aryl methyl sites for hydroxylation is 1. The molecule has 1 aromatic heterocycles. The van der Waals surface area contributed by atoms with Crippen molar-refractivity contribution in [2.45, 2.75) is 43.5 Å². The summed E-state index contributed by atoms with van der Waals surface area (Å²) >= 11 is 0. The molecule has 1 amide bonds. The Morgan fingerprint density at radius 1 is 1.11 bits per heavy atom. The van der Waals surface area contributed by atoms with Gasteiger partial charge >= 0.3 is 0 Å². The molecular formula is C18H29N5O3S. The highest BCUT2D eigenvalue weighted by molar-refractivity contribution is 7.89. The predicted molar refractivity (Wildman–Crippen MR) is 101 cm³/mol. The summed E-state index contributed by atoms with van der Waals surface area (Å²) in [5.74, 6) is -0.109. The standard InChI is InChI=1S/C18H29N5O3S/c1-14-17(11-19-20(14)2)27(25,26)23-8-3-5-15(12-23)18(24)22-10-9-21-7-4-6-16(21)13-22/h11,15-16H,3-10,12-13H2,1-2H3/t15-,16+/m1/s1. The van der Waals surface area contributed by atoms with E-state index < -0.39 is 10.0 Å². The first-order valence-electron chi connectivity index (χ1n) is 9.89. The second-order valence-electron chi connectivity index (χ2n) is 8.04. The molecule has 27 heavy (non-hydrogen) atoms. The van der Waals surface area contributed by atoms with Crippen LogP contribution in [0.1, 0.15) is 31.4 Å². The van der Waals surface area contributed by atoms with E-state index in [2.05, 4.69) is 10.00 Å². The van der Waals surface area contributed by atoms with E-state index in [1.165, 1.54) is 16.9 Å². The molecule has 3 fully saturated rings. The smallest absolute Gasteiger partial charge is 0.246 e. The van der Waals surface area contributed by atoms with Gasteiger partial charge in [-0.1, -0.05) is 0 Å². The second kappa shape index (κ2) is 7.18. The van der Waals surface area contributed by atoms with Crippen LogP contribution in [-0.4, -0.2) is 83.5 Å². The molecule has 3 aliphatic heterocycles. The Kier molecular flexibility index (Phi) is 5.02. The van der Waals surface area contributed by atoms with Crippen molar-refractivity contribution < 1.29 is 13.2 Å². The molecule has 150 valence electrons. The number of nitrogens with zero attached hydrogens (tertiary/aromatic N) is 5. The van der Waals surface area contributed by atoms with Crippen molar-refractivity contribution in [2.75, 3.05) is 39.3 Å². The highest BCUT2D eigenvalue weighted by Gasteiger charge is 2.39. The van der Waals surface area contributed by atoms with Crippen molar-refractivity contribution >= 4 is 15.9 Å². The molecule has 0 bridgehead atoms. The van der Waals surface area contributed by atoms with E-state index in [9.17, 15) is 13.2 Å². The Bertz CT molecular complexity index is 821. The minimum atomic E-state index is -3.61. The molecule has 4 rings (SSSR count). The minimum absolute atomic E-state index is 0.129. The van der Waals surface area contributed by atoms with Crippen LogP contribution >= 0.6 is 0 Å². The van der Waals surface area contributed by atoms with E-state index in [-0.39, 0.29) is 23.3 Å². The summed E-state index contributed by atoms with van der Waals surface area (Å²) in [5.41, 5.74) is 0.626. The number of fused-ring (bicyclic) bond motifs is 1. The second-order valence-corrected chi connectivity index (χ2v) is 9.94. The fraction of sp³-hybridized carbons (Fsp3) is 0.778. The monoisotopic (exact) mass is 395 g/mol. The number of piperazine rings is 1. The van der Waals surface area contributed by atoms with Gasteiger partial charge in [-0.2, -0.15) is 9.40 Å². The van der Waals surface area contributed by atoms with Crippen molar-refractivity contribution in [2.24, 2.45) is 13.0 Å². The van der Waals surface area contributed by atoms with Gasteiger partial charge in [-0.25, -0.2) is 8.42 Å². The third-order valence-corrected chi connectivity index (χ3v) is 8.41. The van der Waals surface area contributed by atoms with Gasteiger partial charge < -0.3 is 4.90 Å². The molecule has 8 nitrogen and oxygen atoms in total. The van der Waals surface area contributed by atoms with E-state index >= 15 is 0 Å². The van der Waals surface area contributed by atoms with Crippen molar-refractivity contribution in [3.8, 4) is 0 Å². The van der Waals surface area contributed by atoms with Crippen molar-refractivity contribution in [3.63, 3.8) is 0 Å². The summed E-state index contributed by atoms with van der Waals surface area (Å²) in [6.07, 6.45) is 5.28. The van der Waals surface area contributed by atoms with E-state index in [1.54, 1.807) is 18.7 Å². The Labute approximate surface area is 161 Å². The van der Waals surface area contributed by atoms with Crippen LogP contribution in [-0.2, 0) is 21.9 Å². The van der Waals surface area contributed by atoms with Gasteiger partial charge in [0.25, 0.3) is 0 Å². The van der Waals surface area contributed by atoms with Crippen LogP contribution < -0.4 is 0 Å². The highest BCUT2D eigenvalue weighted by atomic mass is 32.2. The fourth-order valence-corrected chi connectivity index (χ4v) is 6.39. The first kappa shape index (κ1) is 18.9. The first-order chi connectivity index (χ1) is 12.9. The van der Waals surface area contributed by atoms with Crippen molar-refractivity contribution in [1.82, 2.24) is 23.9 Å². The minimum Gasteiger partial charge on any atom is -0.340 e. The van der Waals surface area contributed by atoms with Gasteiger partial charge in [0.1, 0.15) is 4.90 Å². The van der Waals surface area contributed by atoms with E-state index in [0.29, 0.717) is 18.3 Å². The van der Waals surface area contributed by atoms with E-state index in [1.807, 2.05) is 4.90 Å². The summed E-state index contributed by atoms with van der Waals surface area (Å²) in [6, 6.07) is 0.490. The predicted octanol–water partition coefficient (Wildman–Crippen LogP) is 0.436. The molecule has 3 aliphatic rings. The van der Waals surface area contributed by atoms with Gasteiger partial charge in [0.2, 0.25) is 15.9 Å². The Hall–Kier alpha value is -1.45. The molecule has 4 heterocycles. The molecule has 0 unspecified atom stereocenters. The maximum Gasteiger partial charge on any atom is 0.246 e. The fourth-order valence-electron chi connectivity index (χ4n) is 4.68. The first-order valence-corrected chi connectivity index (χ1v) is 11.3. The molecule has 9 heteroatoms. The zero-order valence-corrected chi connectivity index (χ0v) is 17.0. The summed E-state index contributed by atoms with van der Waals surface area (Å²) in [7, 11) is -1.88. The molecular weight excluding hydrogens is 366 g/mol. The number of sulfonamides is 1. The van der Waals surface area contributed by atoms with Crippen LogP contribution in [0.2, 0.25) is 0 Å². The third-order valence-electron chi connectivity index (χ3n) is 6.44. The Balaban J connectivity index is 1.46. The van der Waals surface area contributed by atoms with Crippen LogP contribution in [0.25, 0.3) is 0 Å². The lowest BCUT2D eigenvalue weighted by molar-refractivity contribution is -0.139. The number of carbonyl (C=O) groups excluding carboxylic acids is 1. The van der Waals surface area contributed by atoms with Crippen molar-refractivity contribution in [1.29, 1.82) is 0 Å². The van der Waals surface area contributed by atoms with Crippen LogP contribution in [0, 0.1) is 12.8 Å². The van der Waals surface area contributed by atoms with Crippen LogP contribution in [0.5, 0.6) is 0 Å². The van der Waals surface area contributed by atoms with Crippen LogP contribution in [0.3, 0.4) is 0 Å². The molecule has 0 N–H and O–H groups in total. The topological polar surface area (TPSA) is 78.8 Å². The molecule has 0 radical (unpaired) electrons. The van der Waals surface area contributed by atoms with Gasteiger partial charge in [0, 0.05) is 45.8 Å². The Morgan fingerprint density at radius 2 is 1.89 bits per heavy atom. The van der Waals surface area contributed by atoms with Crippen LogP contribution in [0.15, 0.2) is 11.1 Å². The average Bonchev–Trinajstić information content (AvgIpc) is 3.27. The molecule has 0 aliphatic carbocycles. The quantitative estimate of drug-likeness (QED) is 0.742. The molecule has 1 aromatic rings. The molecule has 2 atom stereocenters. The molecule has 0 spiro atoms. The van der Waals surface area contributed by atoms with E-state index in [0.717, 1.165) is 45.4 Å². The normalized spacial score (nSPS) is 27.7. The van der Waals surface area contributed by atoms with Gasteiger partial charge in [-0.3, -0.25) is 14.4 Å². The summed E-state index contributed by atoms with van der Waals surface area (Å²) in [6.45, 7) is 6.15. The lowest BCUT2D eigenvalue weighted by atomic mass is 9.97.